The first-order valence-electron chi connectivity index (χ1n) is 7.21. The minimum absolute atomic E-state index is 0.00244. The van der Waals surface area contributed by atoms with E-state index in [0.717, 1.165) is 8.61 Å². The Hall–Kier alpha value is -1.70. The fraction of sp³-hybridized carbons (Fsp3) is 0.769. The summed E-state index contributed by atoms with van der Waals surface area (Å²) in [6.45, 7) is 5.64. The molecule has 23 heavy (non-hydrogen) atoms. The molecule has 9 nitrogen and oxygen atoms in total. The number of carbonyl (C=O) groups excluding carboxylic acids is 1. The third-order valence-electron chi connectivity index (χ3n) is 3.17. The second-order valence-electron chi connectivity index (χ2n) is 5.10. The Morgan fingerprint density at radius 2 is 1.91 bits per heavy atom. The van der Waals surface area contributed by atoms with Crippen molar-refractivity contribution in [2.75, 3.05) is 26.2 Å². The predicted molar refractivity (Wildman–Crippen MR) is 83.4 cm³/mol. The number of hydrogen-bond donors (Lipinski definition) is 2. The zero-order valence-corrected chi connectivity index (χ0v) is 14.6. The average molecular weight is 348 g/mol. The van der Waals surface area contributed by atoms with E-state index in [9.17, 15) is 18.0 Å². The molecule has 0 saturated heterocycles. The van der Waals surface area contributed by atoms with Crippen molar-refractivity contribution in [1.82, 2.24) is 13.9 Å². The van der Waals surface area contributed by atoms with E-state index in [1.54, 1.807) is 13.8 Å². The number of carboxylic acid groups (broad SMARTS) is 1. The van der Waals surface area contributed by atoms with E-state index >= 15 is 0 Å². The van der Waals surface area contributed by atoms with Gasteiger partial charge < -0.3 is 10.4 Å². The fourth-order valence-corrected chi connectivity index (χ4v) is 3.70. The van der Waals surface area contributed by atoms with E-state index in [0.29, 0.717) is 0 Å². The Morgan fingerprint density at radius 3 is 2.30 bits per heavy atom. The van der Waals surface area contributed by atoms with Crippen molar-refractivity contribution in [2.24, 2.45) is 5.92 Å². The molecule has 0 bridgehead atoms. The molecule has 0 aliphatic heterocycles. The molecule has 2 unspecified atom stereocenters. The monoisotopic (exact) mass is 348 g/mol. The highest BCUT2D eigenvalue weighted by Gasteiger charge is 2.35. The molecule has 0 aromatic rings. The molecule has 0 fully saturated rings. The van der Waals surface area contributed by atoms with Crippen molar-refractivity contribution in [3.63, 3.8) is 0 Å². The molecule has 132 valence electrons. The van der Waals surface area contributed by atoms with Gasteiger partial charge in [0.1, 0.15) is 6.04 Å². The van der Waals surface area contributed by atoms with Crippen LogP contribution in [0.15, 0.2) is 0 Å². The van der Waals surface area contributed by atoms with Crippen LogP contribution in [-0.2, 0) is 19.8 Å². The van der Waals surface area contributed by atoms with E-state index < -0.39 is 28.1 Å². The Bertz CT molecular complexity index is 557. The van der Waals surface area contributed by atoms with Gasteiger partial charge >= 0.3 is 5.97 Å². The van der Waals surface area contributed by atoms with Crippen LogP contribution in [0.5, 0.6) is 0 Å². The van der Waals surface area contributed by atoms with Gasteiger partial charge in [-0.2, -0.15) is 22.3 Å². The van der Waals surface area contributed by atoms with Crippen LogP contribution in [-0.4, -0.2) is 66.2 Å². The molecule has 2 N–H and O–H groups in total. The summed E-state index contributed by atoms with van der Waals surface area (Å²) in [5.74, 6) is -2.15. The van der Waals surface area contributed by atoms with Crippen LogP contribution in [0, 0.1) is 17.2 Å². The molecular formula is C13H24N4O5S. The van der Waals surface area contributed by atoms with Crippen LogP contribution in [0.4, 0.5) is 0 Å². The Kier molecular flexibility index (Phi) is 8.74. The smallest absolute Gasteiger partial charge is 0.321 e. The zero-order chi connectivity index (χ0) is 18.2. The van der Waals surface area contributed by atoms with Gasteiger partial charge in [0.05, 0.1) is 12.0 Å². The van der Waals surface area contributed by atoms with Gasteiger partial charge in [-0.3, -0.25) is 9.59 Å². The summed E-state index contributed by atoms with van der Waals surface area (Å²) in [6.07, 6.45) is 0. The van der Waals surface area contributed by atoms with E-state index in [-0.39, 0.29) is 32.1 Å². The number of hydrogen-bond acceptors (Lipinski definition) is 5. The van der Waals surface area contributed by atoms with Gasteiger partial charge in [0.25, 0.3) is 10.2 Å². The summed E-state index contributed by atoms with van der Waals surface area (Å²) in [4.78, 5) is 22.1. The lowest BCUT2D eigenvalue weighted by Crippen LogP contribution is -2.53. The summed E-state index contributed by atoms with van der Waals surface area (Å²) in [7, 11) is -4.08. The quantitative estimate of drug-likeness (QED) is 0.553. The van der Waals surface area contributed by atoms with Crippen LogP contribution in [0.1, 0.15) is 27.7 Å². The highest BCUT2D eigenvalue weighted by molar-refractivity contribution is 7.86. The van der Waals surface area contributed by atoms with Gasteiger partial charge in [-0.1, -0.05) is 6.92 Å². The first kappa shape index (κ1) is 21.3. The second-order valence-corrected chi connectivity index (χ2v) is 6.98. The van der Waals surface area contributed by atoms with Crippen LogP contribution in [0.3, 0.4) is 0 Å². The average Bonchev–Trinajstić information content (AvgIpc) is 2.47. The van der Waals surface area contributed by atoms with E-state index in [1.165, 1.54) is 13.8 Å². The largest absolute Gasteiger partial charge is 0.480 e. The lowest BCUT2D eigenvalue weighted by atomic mass is 10.2. The molecular weight excluding hydrogens is 324 g/mol. The van der Waals surface area contributed by atoms with Gasteiger partial charge in [-0.05, 0) is 13.8 Å². The highest BCUT2D eigenvalue weighted by Crippen LogP contribution is 2.14. The molecule has 2 atom stereocenters. The number of aliphatic carboxylic acids is 1. The molecule has 0 aliphatic rings. The van der Waals surface area contributed by atoms with Gasteiger partial charge in [-0.25, -0.2) is 0 Å². The minimum Gasteiger partial charge on any atom is -0.480 e. The molecule has 0 heterocycles. The van der Waals surface area contributed by atoms with Crippen molar-refractivity contribution in [3.05, 3.63) is 0 Å². The van der Waals surface area contributed by atoms with E-state index in [2.05, 4.69) is 5.32 Å². The first-order valence-corrected chi connectivity index (χ1v) is 8.61. The highest BCUT2D eigenvalue weighted by atomic mass is 32.2. The standard InChI is InChI=1S/C13H24N4O5S/c1-5-16(9-10(2)8-14)23(21,22)17(11(3)13(19)20)7-6-15-12(4)18/h10-11H,5-7,9H2,1-4H3,(H,15,18)(H,19,20). The Balaban J connectivity index is 5.42. The van der Waals surface area contributed by atoms with E-state index in [1.807, 2.05) is 6.07 Å². The second kappa shape index (κ2) is 9.44. The van der Waals surface area contributed by atoms with E-state index in [4.69, 9.17) is 10.4 Å². The predicted octanol–water partition coefficient (Wildman–Crippen LogP) is -0.376. The number of nitrogens with zero attached hydrogens (tertiary/aromatic N) is 3. The SMILES string of the molecule is CCN(CC(C)C#N)S(=O)(=O)N(CCNC(C)=O)C(C)C(=O)O. The molecule has 0 saturated carbocycles. The van der Waals surface area contributed by atoms with Crippen molar-refractivity contribution in [1.29, 1.82) is 5.26 Å². The molecule has 1 amide bonds. The fourth-order valence-electron chi connectivity index (χ4n) is 1.86. The van der Waals surface area contributed by atoms with Crippen molar-refractivity contribution >= 4 is 22.1 Å². The summed E-state index contributed by atoms with van der Waals surface area (Å²) in [6, 6.07) is 0.661. The Labute approximate surface area is 137 Å². The van der Waals surface area contributed by atoms with Gasteiger partial charge in [0.15, 0.2) is 0 Å². The minimum atomic E-state index is -4.08. The lowest BCUT2D eigenvalue weighted by molar-refractivity contribution is -0.140. The number of nitrogens with one attached hydrogen (secondary N) is 1. The van der Waals surface area contributed by atoms with Crippen molar-refractivity contribution in [2.45, 2.75) is 33.7 Å². The van der Waals surface area contributed by atoms with Gasteiger partial charge in [-0.15, -0.1) is 0 Å². The van der Waals surface area contributed by atoms with Crippen LogP contribution in [0.2, 0.25) is 0 Å². The molecule has 0 aromatic heterocycles. The lowest BCUT2D eigenvalue weighted by Gasteiger charge is -2.32. The molecule has 0 radical (unpaired) electrons. The van der Waals surface area contributed by atoms with Crippen LogP contribution >= 0.6 is 0 Å². The molecule has 10 heteroatoms. The number of carboxylic acids is 1. The number of carbonyl (C=O) groups is 2. The topological polar surface area (TPSA) is 131 Å². The molecule has 0 aliphatic carbocycles. The molecule has 0 rings (SSSR count). The number of amides is 1. The maximum absolute atomic E-state index is 12.7. The first-order chi connectivity index (χ1) is 10.6. The zero-order valence-electron chi connectivity index (χ0n) is 13.8. The van der Waals surface area contributed by atoms with Gasteiger partial charge in [0.2, 0.25) is 5.91 Å². The molecule has 0 aromatic carbocycles. The van der Waals surface area contributed by atoms with Crippen LogP contribution in [0.25, 0.3) is 0 Å². The third-order valence-corrected chi connectivity index (χ3v) is 5.32. The summed E-state index contributed by atoms with van der Waals surface area (Å²) >= 11 is 0. The number of nitriles is 1. The maximum atomic E-state index is 12.7. The Morgan fingerprint density at radius 1 is 1.35 bits per heavy atom. The number of rotatable bonds is 10. The summed E-state index contributed by atoms with van der Waals surface area (Å²) in [5, 5.41) is 20.4. The van der Waals surface area contributed by atoms with Crippen LogP contribution < -0.4 is 5.32 Å². The maximum Gasteiger partial charge on any atom is 0.321 e. The van der Waals surface area contributed by atoms with Gasteiger partial charge in [0, 0.05) is 33.1 Å². The third kappa shape index (κ3) is 6.52. The van der Waals surface area contributed by atoms with Crippen molar-refractivity contribution < 1.29 is 23.1 Å². The summed E-state index contributed by atoms with van der Waals surface area (Å²) in [5.41, 5.74) is 0. The van der Waals surface area contributed by atoms with Crippen molar-refractivity contribution in [3.8, 4) is 6.07 Å². The molecule has 0 spiro atoms. The normalized spacial score (nSPS) is 14.3. The summed E-state index contributed by atoms with van der Waals surface area (Å²) < 4.78 is 27.3.